The summed E-state index contributed by atoms with van der Waals surface area (Å²) in [6.45, 7) is 1.91. The monoisotopic (exact) mass is 322 g/mol. The molecule has 5 nitrogen and oxygen atoms in total. The lowest BCUT2D eigenvalue weighted by Gasteiger charge is -2.33. The maximum absolute atomic E-state index is 12.8. The minimum absolute atomic E-state index is 0.0436. The third kappa shape index (κ3) is 3.32. The molecule has 0 bridgehead atoms. The Morgan fingerprint density at radius 3 is 2.50 bits per heavy atom. The van der Waals surface area contributed by atoms with Gasteiger partial charge in [0.15, 0.2) is 0 Å². The summed E-state index contributed by atoms with van der Waals surface area (Å²) in [6.07, 6.45) is 3.21. The average Bonchev–Trinajstić information content (AvgIpc) is 2.54. The maximum Gasteiger partial charge on any atom is 0.243 e. The van der Waals surface area contributed by atoms with Crippen LogP contribution in [0.4, 0.5) is 0 Å². The predicted molar refractivity (Wildman–Crippen MR) is 83.7 cm³/mol. The summed E-state index contributed by atoms with van der Waals surface area (Å²) < 4.78 is 27.1. The number of hydrogen-bond acceptors (Lipinski definition) is 4. The Labute approximate surface area is 132 Å². The Kier molecular flexibility index (Phi) is 5.22. The highest BCUT2D eigenvalue weighted by molar-refractivity contribution is 7.89. The summed E-state index contributed by atoms with van der Waals surface area (Å²) in [4.78, 5) is 0.207. The van der Waals surface area contributed by atoms with E-state index in [4.69, 9.17) is 5.26 Å². The van der Waals surface area contributed by atoms with Gasteiger partial charge in [-0.15, -0.1) is 0 Å². The SMILES string of the molecule is Cc1ccc(C#N)cc1S(=O)(=O)N(C)C1CCC(CO)CC1. The smallest absolute Gasteiger partial charge is 0.243 e. The van der Waals surface area contributed by atoms with E-state index in [1.54, 1.807) is 26.1 Å². The van der Waals surface area contributed by atoms with Crippen molar-refractivity contribution >= 4 is 10.0 Å². The first-order valence-corrected chi connectivity index (χ1v) is 8.93. The Morgan fingerprint density at radius 1 is 1.32 bits per heavy atom. The first-order valence-electron chi connectivity index (χ1n) is 7.49. The highest BCUT2D eigenvalue weighted by Crippen LogP contribution is 2.30. The molecule has 6 heteroatoms. The number of aryl methyl sites for hydroxylation is 1. The van der Waals surface area contributed by atoms with Gasteiger partial charge in [0.25, 0.3) is 0 Å². The van der Waals surface area contributed by atoms with Crippen LogP contribution < -0.4 is 0 Å². The van der Waals surface area contributed by atoms with E-state index in [-0.39, 0.29) is 23.5 Å². The minimum Gasteiger partial charge on any atom is -0.396 e. The fourth-order valence-corrected chi connectivity index (χ4v) is 4.65. The van der Waals surface area contributed by atoms with Crippen molar-refractivity contribution in [1.29, 1.82) is 5.26 Å². The van der Waals surface area contributed by atoms with Crippen molar-refractivity contribution in [3.8, 4) is 6.07 Å². The summed E-state index contributed by atoms with van der Waals surface area (Å²) in [6, 6.07) is 6.68. The van der Waals surface area contributed by atoms with Gasteiger partial charge in [-0.05, 0) is 56.2 Å². The zero-order valence-electron chi connectivity index (χ0n) is 13.0. The third-order valence-corrected chi connectivity index (χ3v) is 6.62. The molecule has 2 rings (SSSR count). The molecule has 1 aliphatic rings. The van der Waals surface area contributed by atoms with Gasteiger partial charge in [-0.3, -0.25) is 0 Å². The van der Waals surface area contributed by atoms with E-state index < -0.39 is 10.0 Å². The second kappa shape index (κ2) is 6.78. The van der Waals surface area contributed by atoms with Crippen LogP contribution in [0, 0.1) is 24.2 Å². The van der Waals surface area contributed by atoms with Crippen LogP contribution >= 0.6 is 0 Å². The molecule has 0 aliphatic heterocycles. The lowest BCUT2D eigenvalue weighted by atomic mass is 9.87. The van der Waals surface area contributed by atoms with Crippen LogP contribution in [0.1, 0.15) is 36.8 Å². The van der Waals surface area contributed by atoms with Crippen LogP contribution in [0.5, 0.6) is 0 Å². The molecule has 120 valence electrons. The molecule has 1 N–H and O–H groups in total. The Bertz CT molecular complexity index is 671. The van der Waals surface area contributed by atoms with Crippen LogP contribution in [-0.4, -0.2) is 37.5 Å². The second-order valence-corrected chi connectivity index (χ2v) is 7.94. The number of aliphatic hydroxyl groups excluding tert-OH is 1. The van der Waals surface area contributed by atoms with Gasteiger partial charge in [0.2, 0.25) is 10.0 Å². The molecule has 0 saturated heterocycles. The summed E-state index contributed by atoms with van der Waals surface area (Å²) in [5, 5.41) is 18.2. The highest BCUT2D eigenvalue weighted by atomic mass is 32.2. The number of rotatable bonds is 4. The van der Waals surface area contributed by atoms with E-state index in [9.17, 15) is 13.5 Å². The number of benzene rings is 1. The van der Waals surface area contributed by atoms with Crippen molar-refractivity contribution in [3.05, 3.63) is 29.3 Å². The van der Waals surface area contributed by atoms with Crippen molar-refractivity contribution < 1.29 is 13.5 Å². The number of aliphatic hydroxyl groups is 1. The van der Waals surface area contributed by atoms with E-state index in [2.05, 4.69) is 0 Å². The lowest BCUT2D eigenvalue weighted by Crippen LogP contribution is -2.40. The van der Waals surface area contributed by atoms with Gasteiger partial charge in [0.1, 0.15) is 0 Å². The van der Waals surface area contributed by atoms with Gasteiger partial charge in [0.05, 0.1) is 16.5 Å². The minimum atomic E-state index is -3.61. The molecular formula is C16H22N2O3S. The summed E-state index contributed by atoms with van der Waals surface area (Å²) in [5.74, 6) is 0.288. The van der Waals surface area contributed by atoms with Crippen LogP contribution in [-0.2, 0) is 10.0 Å². The molecule has 1 saturated carbocycles. The predicted octanol–water partition coefficient (Wildman–Crippen LogP) is 2.04. The summed E-state index contributed by atoms with van der Waals surface area (Å²) in [5.41, 5.74) is 0.997. The van der Waals surface area contributed by atoms with E-state index >= 15 is 0 Å². The number of nitrogens with zero attached hydrogens (tertiary/aromatic N) is 2. The lowest BCUT2D eigenvalue weighted by molar-refractivity contribution is 0.159. The molecule has 1 aromatic rings. The molecule has 0 amide bonds. The topological polar surface area (TPSA) is 81.4 Å². The van der Waals surface area contributed by atoms with E-state index in [1.165, 1.54) is 10.4 Å². The van der Waals surface area contributed by atoms with Crippen LogP contribution in [0.15, 0.2) is 23.1 Å². The van der Waals surface area contributed by atoms with Crippen LogP contribution in [0.25, 0.3) is 0 Å². The van der Waals surface area contributed by atoms with Gasteiger partial charge in [-0.1, -0.05) is 6.07 Å². The number of nitriles is 1. The van der Waals surface area contributed by atoms with Gasteiger partial charge in [-0.25, -0.2) is 8.42 Å². The second-order valence-electron chi connectivity index (χ2n) is 5.97. The molecule has 0 radical (unpaired) electrons. The highest BCUT2D eigenvalue weighted by Gasteiger charge is 2.32. The molecule has 0 heterocycles. The molecule has 0 spiro atoms. The van der Waals surface area contributed by atoms with Crippen molar-refractivity contribution in [1.82, 2.24) is 4.31 Å². The Hall–Kier alpha value is -1.42. The van der Waals surface area contributed by atoms with Crippen molar-refractivity contribution in [2.45, 2.75) is 43.5 Å². The normalized spacial score (nSPS) is 22.5. The van der Waals surface area contributed by atoms with Gasteiger partial charge in [-0.2, -0.15) is 9.57 Å². The zero-order chi connectivity index (χ0) is 16.3. The van der Waals surface area contributed by atoms with Crippen molar-refractivity contribution in [2.24, 2.45) is 5.92 Å². The standard InChI is InChI=1S/C16H22N2O3S/c1-12-3-4-14(10-17)9-16(12)22(20,21)18(2)15-7-5-13(11-19)6-8-15/h3-4,9,13,15,19H,5-8,11H2,1-2H3. The summed E-state index contributed by atoms with van der Waals surface area (Å²) >= 11 is 0. The van der Waals surface area contributed by atoms with Gasteiger partial charge < -0.3 is 5.11 Å². The van der Waals surface area contributed by atoms with Crippen molar-refractivity contribution in [3.63, 3.8) is 0 Å². The fraction of sp³-hybridized carbons (Fsp3) is 0.562. The number of sulfonamides is 1. The molecule has 0 atom stereocenters. The Balaban J connectivity index is 2.25. The molecule has 0 aromatic heterocycles. The largest absolute Gasteiger partial charge is 0.396 e. The quantitative estimate of drug-likeness (QED) is 0.919. The molecule has 0 unspecified atom stereocenters. The van der Waals surface area contributed by atoms with E-state index in [1.807, 2.05) is 6.07 Å². The first kappa shape index (κ1) is 16.9. The number of hydrogen-bond donors (Lipinski definition) is 1. The molecule has 22 heavy (non-hydrogen) atoms. The Morgan fingerprint density at radius 2 is 1.95 bits per heavy atom. The van der Waals surface area contributed by atoms with Gasteiger partial charge in [0, 0.05) is 19.7 Å². The molecule has 1 fully saturated rings. The summed E-state index contributed by atoms with van der Waals surface area (Å²) in [7, 11) is -2.00. The van der Waals surface area contributed by atoms with E-state index in [0.29, 0.717) is 11.1 Å². The fourth-order valence-electron chi connectivity index (χ4n) is 2.99. The van der Waals surface area contributed by atoms with Crippen molar-refractivity contribution in [2.75, 3.05) is 13.7 Å². The average molecular weight is 322 g/mol. The van der Waals surface area contributed by atoms with Crippen LogP contribution in [0.2, 0.25) is 0 Å². The third-order valence-electron chi connectivity index (χ3n) is 4.56. The molecular weight excluding hydrogens is 300 g/mol. The molecule has 1 aromatic carbocycles. The maximum atomic E-state index is 12.8. The zero-order valence-corrected chi connectivity index (χ0v) is 13.8. The van der Waals surface area contributed by atoms with Gasteiger partial charge >= 0.3 is 0 Å². The first-order chi connectivity index (χ1) is 10.4. The van der Waals surface area contributed by atoms with Crippen LogP contribution in [0.3, 0.4) is 0 Å². The van der Waals surface area contributed by atoms with E-state index in [0.717, 1.165) is 25.7 Å². The molecule has 1 aliphatic carbocycles.